The van der Waals surface area contributed by atoms with Crippen LogP contribution in [0.2, 0.25) is 0 Å². The molecule has 10 nitrogen and oxygen atoms in total. The van der Waals surface area contributed by atoms with Gasteiger partial charge in [-0.15, -0.1) is 10.2 Å². The Hall–Kier alpha value is -4.56. The van der Waals surface area contributed by atoms with Crippen molar-refractivity contribution in [2.45, 2.75) is 29.9 Å². The molecular weight excluding hydrogens is 652 g/mol. The number of amides is 1. The van der Waals surface area contributed by atoms with Gasteiger partial charge >= 0.3 is 0 Å². The van der Waals surface area contributed by atoms with Crippen molar-refractivity contribution in [1.29, 1.82) is 0 Å². The number of hydrogen-bond acceptors (Lipinski definition) is 8. The Bertz CT molecular complexity index is 1960. The van der Waals surface area contributed by atoms with Crippen molar-refractivity contribution in [3.63, 3.8) is 0 Å². The summed E-state index contributed by atoms with van der Waals surface area (Å²) >= 11 is 1.17. The monoisotopic (exact) mass is 686 g/mol. The zero-order chi connectivity index (χ0) is 33.7. The summed E-state index contributed by atoms with van der Waals surface area (Å²) in [7, 11) is -3.76. The maximum Gasteiger partial charge on any atom is 0.243 e. The third-order valence-electron chi connectivity index (χ3n) is 7.73. The molecule has 6 rings (SSSR count). The Balaban J connectivity index is 1.21. The predicted octanol–water partition coefficient (Wildman–Crippen LogP) is 6.37. The molecule has 0 spiro atoms. The van der Waals surface area contributed by atoms with Crippen molar-refractivity contribution in [3.05, 3.63) is 109 Å². The summed E-state index contributed by atoms with van der Waals surface area (Å²) in [5.74, 6) is -0.279. The quantitative estimate of drug-likeness (QED) is 0.160. The van der Waals surface area contributed by atoms with E-state index < -0.39 is 15.8 Å². The lowest BCUT2D eigenvalue weighted by molar-refractivity contribution is -0.113. The van der Waals surface area contributed by atoms with Gasteiger partial charge in [0.15, 0.2) is 11.0 Å². The van der Waals surface area contributed by atoms with E-state index in [0.29, 0.717) is 41.1 Å². The molecule has 1 N–H and O–H groups in total. The van der Waals surface area contributed by atoms with Crippen LogP contribution in [0.5, 0.6) is 0 Å². The number of ether oxygens (including phenoxy) is 1. The van der Waals surface area contributed by atoms with Crippen LogP contribution in [0.15, 0.2) is 113 Å². The van der Waals surface area contributed by atoms with Gasteiger partial charge in [-0.1, -0.05) is 42.1 Å². The maximum atomic E-state index is 13.9. The third-order valence-corrected chi connectivity index (χ3v) is 10.6. The van der Waals surface area contributed by atoms with Crippen molar-refractivity contribution in [3.8, 4) is 17.1 Å². The molecule has 0 radical (unpaired) electrons. The molecule has 2 heterocycles. The van der Waals surface area contributed by atoms with E-state index in [4.69, 9.17) is 4.74 Å². The number of halogens is 1. The summed E-state index contributed by atoms with van der Waals surface area (Å²) in [5.41, 5.74) is 3.80. The van der Waals surface area contributed by atoms with Gasteiger partial charge < -0.3 is 15.0 Å². The van der Waals surface area contributed by atoms with Crippen LogP contribution in [0.1, 0.15) is 13.8 Å². The maximum absolute atomic E-state index is 13.9. The summed E-state index contributed by atoms with van der Waals surface area (Å²) in [5, 5.41) is 12.1. The smallest absolute Gasteiger partial charge is 0.243 e. The average molecular weight is 687 g/mol. The molecule has 0 unspecified atom stereocenters. The lowest BCUT2D eigenvalue weighted by atomic mass is 10.2. The largest absolute Gasteiger partial charge is 0.379 e. The van der Waals surface area contributed by atoms with Gasteiger partial charge in [-0.3, -0.25) is 9.36 Å². The number of carbonyl (C=O) groups is 1. The van der Waals surface area contributed by atoms with Crippen LogP contribution in [0.3, 0.4) is 0 Å². The summed E-state index contributed by atoms with van der Waals surface area (Å²) < 4.78 is 49.1. The third kappa shape index (κ3) is 7.44. The Labute approximate surface area is 283 Å². The molecule has 1 amide bonds. The van der Waals surface area contributed by atoms with Gasteiger partial charge in [0, 0.05) is 47.4 Å². The van der Waals surface area contributed by atoms with Gasteiger partial charge in [0.1, 0.15) is 5.82 Å². The first-order valence-corrected chi connectivity index (χ1v) is 17.9. The van der Waals surface area contributed by atoms with Crippen LogP contribution in [0.25, 0.3) is 17.1 Å². The lowest BCUT2D eigenvalue weighted by Crippen LogP contribution is -2.40. The van der Waals surface area contributed by atoms with Gasteiger partial charge in [-0.2, -0.15) is 4.31 Å². The molecule has 1 saturated heterocycles. The number of thioether (sulfide) groups is 1. The molecule has 248 valence electrons. The molecule has 0 atom stereocenters. The Morgan fingerprint density at radius 2 is 1.60 bits per heavy atom. The standard InChI is InChI=1S/C35H35FN6O4S2/c1-25(2)41(29-8-4-3-5-9-29)30-17-13-28(14-18-30)37-33(43)24-47-35-39-38-34(42(35)31-15-11-27(36)12-16-31)26-7-6-10-32(23-26)48(44,45)40-19-21-46-22-20-40/h3-18,23,25H,19-22,24H2,1-2H3,(H,37,43). The van der Waals surface area contributed by atoms with Crippen LogP contribution in [-0.4, -0.2) is 71.5 Å². The predicted molar refractivity (Wildman–Crippen MR) is 186 cm³/mol. The van der Waals surface area contributed by atoms with E-state index in [1.54, 1.807) is 41.0 Å². The summed E-state index contributed by atoms with van der Waals surface area (Å²) in [4.78, 5) is 15.4. The number of anilines is 3. The fourth-order valence-corrected chi connectivity index (χ4v) is 7.68. The highest BCUT2D eigenvalue weighted by atomic mass is 32.2. The second kappa shape index (κ2) is 14.7. The van der Waals surface area contributed by atoms with E-state index in [-0.39, 0.29) is 35.7 Å². The van der Waals surface area contributed by atoms with E-state index in [1.165, 1.54) is 28.2 Å². The molecule has 13 heteroatoms. The first-order chi connectivity index (χ1) is 23.2. The number of morpholine rings is 1. The van der Waals surface area contributed by atoms with Crippen LogP contribution in [0, 0.1) is 5.82 Å². The number of hydrogen-bond donors (Lipinski definition) is 1. The number of rotatable bonds is 11. The van der Waals surface area contributed by atoms with Crippen LogP contribution in [-0.2, 0) is 19.6 Å². The van der Waals surface area contributed by atoms with Crippen molar-refractivity contribution >= 4 is 44.8 Å². The Kier molecular flexibility index (Phi) is 10.2. The van der Waals surface area contributed by atoms with Crippen molar-refractivity contribution in [2.75, 3.05) is 42.3 Å². The van der Waals surface area contributed by atoms with Crippen molar-refractivity contribution in [2.24, 2.45) is 0 Å². The minimum Gasteiger partial charge on any atom is -0.379 e. The summed E-state index contributed by atoms with van der Waals surface area (Å²) in [6.45, 7) is 5.47. The first-order valence-electron chi connectivity index (χ1n) is 15.5. The molecule has 4 aromatic carbocycles. The van der Waals surface area contributed by atoms with Gasteiger partial charge in [0.05, 0.1) is 23.9 Å². The Morgan fingerprint density at radius 3 is 2.29 bits per heavy atom. The highest BCUT2D eigenvalue weighted by Gasteiger charge is 2.27. The zero-order valence-electron chi connectivity index (χ0n) is 26.5. The molecule has 1 aliphatic heterocycles. The minimum atomic E-state index is -3.76. The summed E-state index contributed by atoms with van der Waals surface area (Å²) in [6, 6.07) is 30.3. The van der Waals surface area contributed by atoms with E-state index in [2.05, 4.69) is 46.4 Å². The second-order valence-electron chi connectivity index (χ2n) is 11.3. The fraction of sp³-hybridized carbons (Fsp3) is 0.229. The lowest BCUT2D eigenvalue weighted by Gasteiger charge is -2.29. The first kappa shape index (κ1) is 33.3. The zero-order valence-corrected chi connectivity index (χ0v) is 28.1. The molecule has 1 aliphatic rings. The molecular formula is C35H35FN6O4S2. The topological polar surface area (TPSA) is 110 Å². The number of nitrogens with one attached hydrogen (secondary N) is 1. The van der Waals surface area contributed by atoms with Gasteiger partial charge in [0.25, 0.3) is 0 Å². The van der Waals surface area contributed by atoms with E-state index in [9.17, 15) is 17.6 Å². The number of aromatic nitrogens is 3. The highest BCUT2D eigenvalue weighted by molar-refractivity contribution is 7.99. The summed E-state index contributed by atoms with van der Waals surface area (Å²) in [6.07, 6.45) is 0. The van der Waals surface area contributed by atoms with Gasteiger partial charge in [0.2, 0.25) is 15.9 Å². The normalized spacial score (nSPS) is 13.8. The fourth-order valence-electron chi connectivity index (χ4n) is 5.47. The van der Waals surface area contributed by atoms with E-state index in [0.717, 1.165) is 11.4 Å². The second-order valence-corrected chi connectivity index (χ2v) is 14.2. The molecule has 1 aromatic heterocycles. The van der Waals surface area contributed by atoms with Crippen LogP contribution in [0.4, 0.5) is 21.5 Å². The molecule has 48 heavy (non-hydrogen) atoms. The number of benzene rings is 4. The Morgan fingerprint density at radius 1 is 0.917 bits per heavy atom. The number of nitrogens with zero attached hydrogens (tertiary/aromatic N) is 5. The highest BCUT2D eigenvalue weighted by Crippen LogP contribution is 2.31. The average Bonchev–Trinajstić information content (AvgIpc) is 3.53. The van der Waals surface area contributed by atoms with Gasteiger partial charge in [-0.25, -0.2) is 12.8 Å². The van der Waals surface area contributed by atoms with Gasteiger partial charge in [-0.05, 0) is 86.6 Å². The molecule has 0 bridgehead atoms. The molecule has 0 saturated carbocycles. The van der Waals surface area contributed by atoms with Crippen molar-refractivity contribution < 1.29 is 22.3 Å². The van der Waals surface area contributed by atoms with E-state index >= 15 is 0 Å². The number of sulfonamides is 1. The SMILES string of the molecule is CC(C)N(c1ccccc1)c1ccc(NC(=O)CSc2nnc(-c3cccc(S(=O)(=O)N4CCOCC4)c3)n2-c2ccc(F)cc2)cc1. The van der Waals surface area contributed by atoms with Crippen LogP contribution < -0.4 is 10.2 Å². The van der Waals surface area contributed by atoms with Crippen molar-refractivity contribution in [1.82, 2.24) is 19.1 Å². The van der Waals surface area contributed by atoms with Crippen LogP contribution >= 0.6 is 11.8 Å². The number of para-hydroxylation sites is 1. The molecule has 0 aliphatic carbocycles. The number of carbonyl (C=O) groups excluding carboxylic acids is 1. The minimum absolute atomic E-state index is 0.0225. The molecule has 1 fully saturated rings. The molecule has 5 aromatic rings. The van der Waals surface area contributed by atoms with E-state index in [1.807, 2.05) is 42.5 Å².